The van der Waals surface area contributed by atoms with Gasteiger partial charge in [0, 0.05) is 19.1 Å². The molecule has 21 heavy (non-hydrogen) atoms. The molecule has 2 atom stereocenters. The van der Waals surface area contributed by atoms with Gasteiger partial charge in [0.1, 0.15) is 5.69 Å². The Kier molecular flexibility index (Phi) is 4.51. The van der Waals surface area contributed by atoms with Crippen LogP contribution < -0.4 is 10.6 Å². The molecule has 2 unspecified atom stereocenters. The zero-order valence-electron chi connectivity index (χ0n) is 13.2. The predicted molar refractivity (Wildman–Crippen MR) is 82.6 cm³/mol. The molecule has 118 valence electrons. The summed E-state index contributed by atoms with van der Waals surface area (Å²) in [6.07, 6.45) is 3.24. The van der Waals surface area contributed by atoms with E-state index in [2.05, 4.69) is 5.10 Å². The molecule has 2 N–H and O–H groups in total. The summed E-state index contributed by atoms with van der Waals surface area (Å²) < 4.78 is 1.76. The van der Waals surface area contributed by atoms with Crippen LogP contribution in [0, 0.1) is 23.0 Å². The number of anilines is 1. The second-order valence-electron chi connectivity index (χ2n) is 6.16. The fourth-order valence-corrected chi connectivity index (χ4v) is 3.39. The second kappa shape index (κ2) is 6.01. The summed E-state index contributed by atoms with van der Waals surface area (Å²) >= 11 is 0. The van der Waals surface area contributed by atoms with E-state index in [4.69, 9.17) is 5.73 Å². The van der Waals surface area contributed by atoms with Gasteiger partial charge in [-0.05, 0) is 46.1 Å². The Bertz CT molecular complexity index is 526. The standard InChI is InChI=1S/C14H25N5O2/c1-9(2)18-14(13(19(20)21)10(3)16-18)17(4)12-7-5-6-11(12)8-15/h9,11-12H,5-8,15H2,1-4H3. The maximum absolute atomic E-state index is 11.4. The first-order chi connectivity index (χ1) is 9.88. The summed E-state index contributed by atoms with van der Waals surface area (Å²) in [6, 6.07) is 0.329. The van der Waals surface area contributed by atoms with Gasteiger partial charge >= 0.3 is 5.69 Å². The zero-order chi connectivity index (χ0) is 15.7. The number of nitro groups is 1. The predicted octanol–water partition coefficient (Wildman–Crippen LogP) is 2.24. The van der Waals surface area contributed by atoms with Crippen LogP contribution in [0.5, 0.6) is 0 Å². The van der Waals surface area contributed by atoms with Crippen molar-refractivity contribution in [1.82, 2.24) is 9.78 Å². The van der Waals surface area contributed by atoms with Gasteiger partial charge in [-0.2, -0.15) is 5.10 Å². The highest BCUT2D eigenvalue weighted by Gasteiger charge is 2.36. The SMILES string of the molecule is Cc1nn(C(C)C)c(N(C)C2CCCC2CN)c1[N+](=O)[O-]. The van der Waals surface area contributed by atoms with Gasteiger partial charge in [-0.15, -0.1) is 0 Å². The van der Waals surface area contributed by atoms with Gasteiger partial charge in [0.25, 0.3) is 0 Å². The van der Waals surface area contributed by atoms with E-state index in [9.17, 15) is 10.1 Å². The first-order valence-electron chi connectivity index (χ1n) is 7.54. The van der Waals surface area contributed by atoms with Gasteiger partial charge in [-0.1, -0.05) is 6.42 Å². The van der Waals surface area contributed by atoms with Crippen molar-refractivity contribution in [2.45, 2.75) is 52.1 Å². The third-order valence-corrected chi connectivity index (χ3v) is 4.45. The van der Waals surface area contributed by atoms with E-state index in [-0.39, 0.29) is 22.7 Å². The van der Waals surface area contributed by atoms with E-state index in [0.717, 1.165) is 19.3 Å². The molecule has 0 radical (unpaired) electrons. The number of aromatic nitrogens is 2. The lowest BCUT2D eigenvalue weighted by Crippen LogP contribution is -2.39. The van der Waals surface area contributed by atoms with Crippen molar-refractivity contribution in [2.24, 2.45) is 11.7 Å². The number of nitrogens with two attached hydrogens (primary N) is 1. The number of hydrogen-bond donors (Lipinski definition) is 1. The smallest absolute Gasteiger partial charge is 0.333 e. The van der Waals surface area contributed by atoms with Crippen LogP contribution >= 0.6 is 0 Å². The number of hydrogen-bond acceptors (Lipinski definition) is 5. The van der Waals surface area contributed by atoms with Crippen LogP contribution in [-0.4, -0.2) is 34.3 Å². The van der Waals surface area contributed by atoms with Crippen LogP contribution in [0.1, 0.15) is 44.8 Å². The Balaban J connectivity index is 2.48. The minimum atomic E-state index is -0.320. The van der Waals surface area contributed by atoms with Gasteiger partial charge in [0.15, 0.2) is 0 Å². The highest BCUT2D eigenvalue weighted by atomic mass is 16.6. The lowest BCUT2D eigenvalue weighted by Gasteiger charge is -2.31. The Morgan fingerprint density at radius 3 is 2.71 bits per heavy atom. The number of aryl methyl sites for hydroxylation is 1. The zero-order valence-corrected chi connectivity index (χ0v) is 13.2. The minimum absolute atomic E-state index is 0.0765. The van der Waals surface area contributed by atoms with Crippen molar-refractivity contribution >= 4 is 11.5 Å². The summed E-state index contributed by atoms with van der Waals surface area (Å²) in [5.41, 5.74) is 6.45. The molecule has 7 heteroatoms. The third-order valence-electron chi connectivity index (χ3n) is 4.45. The molecule has 1 aromatic heterocycles. The van der Waals surface area contributed by atoms with Gasteiger partial charge in [-0.25, -0.2) is 4.68 Å². The van der Waals surface area contributed by atoms with Crippen LogP contribution in [0.2, 0.25) is 0 Å². The van der Waals surface area contributed by atoms with Crippen molar-refractivity contribution in [3.05, 3.63) is 15.8 Å². The molecule has 2 rings (SSSR count). The van der Waals surface area contributed by atoms with Crippen LogP contribution in [-0.2, 0) is 0 Å². The first-order valence-corrected chi connectivity index (χ1v) is 7.54. The Morgan fingerprint density at radius 1 is 1.52 bits per heavy atom. The lowest BCUT2D eigenvalue weighted by atomic mass is 10.0. The topological polar surface area (TPSA) is 90.2 Å². The lowest BCUT2D eigenvalue weighted by molar-refractivity contribution is -0.384. The minimum Gasteiger partial charge on any atom is -0.351 e. The fourth-order valence-electron chi connectivity index (χ4n) is 3.39. The Labute approximate surface area is 125 Å². The summed E-state index contributed by atoms with van der Waals surface area (Å²) in [5, 5.41) is 15.8. The van der Waals surface area contributed by atoms with Crippen molar-refractivity contribution in [3.8, 4) is 0 Å². The summed E-state index contributed by atoms with van der Waals surface area (Å²) in [7, 11) is 1.93. The largest absolute Gasteiger partial charge is 0.351 e. The summed E-state index contributed by atoms with van der Waals surface area (Å²) in [4.78, 5) is 13.2. The average molecular weight is 295 g/mol. The van der Waals surface area contributed by atoms with E-state index < -0.39 is 0 Å². The fraction of sp³-hybridized carbons (Fsp3) is 0.786. The molecular formula is C14H25N5O2. The molecule has 0 saturated heterocycles. The van der Waals surface area contributed by atoms with Crippen LogP contribution in [0.25, 0.3) is 0 Å². The van der Waals surface area contributed by atoms with Gasteiger partial charge in [-0.3, -0.25) is 10.1 Å². The maximum atomic E-state index is 11.4. The van der Waals surface area contributed by atoms with Gasteiger partial charge < -0.3 is 10.6 Å². The van der Waals surface area contributed by atoms with Gasteiger partial charge in [0.2, 0.25) is 5.82 Å². The average Bonchev–Trinajstić information content (AvgIpc) is 3.01. The molecule has 1 aliphatic carbocycles. The van der Waals surface area contributed by atoms with E-state index in [0.29, 0.717) is 24.0 Å². The van der Waals surface area contributed by atoms with Crippen molar-refractivity contribution in [2.75, 3.05) is 18.5 Å². The van der Waals surface area contributed by atoms with Crippen molar-refractivity contribution in [3.63, 3.8) is 0 Å². The molecule has 7 nitrogen and oxygen atoms in total. The third kappa shape index (κ3) is 2.74. The number of nitrogens with zero attached hydrogens (tertiary/aromatic N) is 4. The van der Waals surface area contributed by atoms with Crippen LogP contribution in [0.4, 0.5) is 11.5 Å². The highest BCUT2D eigenvalue weighted by Crippen LogP contribution is 2.38. The molecule has 0 amide bonds. The monoisotopic (exact) mass is 295 g/mol. The molecule has 0 aromatic carbocycles. The molecule has 0 spiro atoms. The number of rotatable bonds is 5. The van der Waals surface area contributed by atoms with E-state index in [1.807, 2.05) is 25.8 Å². The van der Waals surface area contributed by atoms with Gasteiger partial charge in [0.05, 0.1) is 4.92 Å². The molecule has 1 heterocycles. The maximum Gasteiger partial charge on any atom is 0.333 e. The molecule has 1 aliphatic rings. The molecule has 1 fully saturated rings. The first kappa shape index (κ1) is 15.8. The van der Waals surface area contributed by atoms with Crippen LogP contribution in [0.15, 0.2) is 0 Å². The quantitative estimate of drug-likeness (QED) is 0.664. The molecule has 1 saturated carbocycles. The van der Waals surface area contributed by atoms with Crippen LogP contribution in [0.3, 0.4) is 0 Å². The van der Waals surface area contributed by atoms with Crippen molar-refractivity contribution in [1.29, 1.82) is 0 Å². The molecule has 0 aliphatic heterocycles. The molecule has 1 aromatic rings. The van der Waals surface area contributed by atoms with E-state index >= 15 is 0 Å². The second-order valence-corrected chi connectivity index (χ2v) is 6.16. The molecule has 0 bridgehead atoms. The normalized spacial score (nSPS) is 22.0. The summed E-state index contributed by atoms with van der Waals surface area (Å²) in [6.45, 7) is 6.30. The Morgan fingerprint density at radius 2 is 2.19 bits per heavy atom. The van der Waals surface area contributed by atoms with E-state index in [1.165, 1.54) is 0 Å². The van der Waals surface area contributed by atoms with Crippen molar-refractivity contribution < 1.29 is 4.92 Å². The van der Waals surface area contributed by atoms with E-state index in [1.54, 1.807) is 11.6 Å². The molecular weight excluding hydrogens is 270 g/mol. The summed E-state index contributed by atoms with van der Waals surface area (Å²) in [5.74, 6) is 1.00. The highest BCUT2D eigenvalue weighted by molar-refractivity contribution is 5.62. The Hall–Kier alpha value is -1.63.